The van der Waals surface area contributed by atoms with E-state index in [9.17, 15) is 9.59 Å². The van der Waals surface area contributed by atoms with Crippen molar-refractivity contribution in [2.75, 3.05) is 32.7 Å². The molecule has 2 heterocycles. The first kappa shape index (κ1) is 23.1. The highest BCUT2D eigenvalue weighted by Gasteiger charge is 2.25. The first-order valence-corrected chi connectivity index (χ1v) is 9.14. The van der Waals surface area contributed by atoms with Gasteiger partial charge in [-0.05, 0) is 25.5 Å². The molecule has 3 N–H and O–H groups in total. The highest BCUT2D eigenvalue weighted by molar-refractivity contribution is 14.0. The number of halogens is 1. The topological polar surface area (TPSA) is 98.7 Å². The lowest BCUT2D eigenvalue weighted by atomic mass is 10.3. The smallest absolute Gasteiger partial charge is 0.252 e. The summed E-state index contributed by atoms with van der Waals surface area (Å²) in [5.41, 5.74) is 0.535. The molecule has 8 nitrogen and oxygen atoms in total. The van der Waals surface area contributed by atoms with E-state index in [2.05, 4.69) is 25.9 Å². The number of carbonyl (C=O) groups is 2. The number of aliphatic imine (C=N–C) groups is 1. The number of guanidine groups is 1. The molecule has 1 atom stereocenters. The molecule has 150 valence electrons. The first-order chi connectivity index (χ1) is 12.6. The number of likely N-dealkylation sites (tertiary alicyclic amines) is 1. The van der Waals surface area contributed by atoms with Gasteiger partial charge in [0.05, 0.1) is 12.1 Å². The maximum absolute atomic E-state index is 12.0. The van der Waals surface area contributed by atoms with E-state index >= 15 is 0 Å². The van der Waals surface area contributed by atoms with E-state index in [-0.39, 0.29) is 41.8 Å². The molecular formula is C18H29IN6O2. The van der Waals surface area contributed by atoms with Crippen LogP contribution >= 0.6 is 24.0 Å². The number of rotatable bonds is 7. The van der Waals surface area contributed by atoms with E-state index in [1.807, 2.05) is 18.7 Å². The molecule has 1 aliphatic rings. The summed E-state index contributed by atoms with van der Waals surface area (Å²) >= 11 is 0. The van der Waals surface area contributed by atoms with E-state index in [1.54, 1.807) is 18.3 Å². The minimum atomic E-state index is -0.157. The van der Waals surface area contributed by atoms with Crippen LogP contribution in [0, 0.1) is 0 Å². The summed E-state index contributed by atoms with van der Waals surface area (Å²) in [6.45, 7) is 7.02. The van der Waals surface area contributed by atoms with Gasteiger partial charge in [0, 0.05) is 51.0 Å². The molecule has 1 unspecified atom stereocenters. The molecule has 0 aromatic carbocycles. The fraction of sp³-hybridized carbons (Fsp3) is 0.556. The molecule has 1 aromatic heterocycles. The molecule has 27 heavy (non-hydrogen) atoms. The van der Waals surface area contributed by atoms with Crippen molar-refractivity contribution in [1.29, 1.82) is 0 Å². The van der Waals surface area contributed by atoms with Crippen molar-refractivity contribution in [1.82, 2.24) is 25.8 Å². The summed E-state index contributed by atoms with van der Waals surface area (Å²) in [6, 6.07) is 3.66. The number of hydrogen-bond donors (Lipinski definition) is 3. The van der Waals surface area contributed by atoms with Gasteiger partial charge in [-0.25, -0.2) is 0 Å². The van der Waals surface area contributed by atoms with Crippen molar-refractivity contribution in [3.63, 3.8) is 0 Å². The monoisotopic (exact) mass is 488 g/mol. The van der Waals surface area contributed by atoms with E-state index < -0.39 is 0 Å². The second kappa shape index (κ2) is 12.5. The largest absolute Gasteiger partial charge is 0.357 e. The Morgan fingerprint density at radius 2 is 2.15 bits per heavy atom. The normalized spacial score (nSPS) is 16.4. The van der Waals surface area contributed by atoms with Crippen LogP contribution in [0.5, 0.6) is 0 Å². The van der Waals surface area contributed by atoms with Crippen LogP contribution in [0.4, 0.5) is 0 Å². The molecule has 0 bridgehead atoms. The lowest BCUT2D eigenvalue weighted by molar-refractivity contribution is -0.129. The van der Waals surface area contributed by atoms with Crippen molar-refractivity contribution >= 4 is 41.8 Å². The average molecular weight is 488 g/mol. The molecule has 0 saturated carbocycles. The molecule has 1 saturated heterocycles. The molecular weight excluding hydrogens is 459 g/mol. The number of nitrogens with zero attached hydrogens (tertiary/aromatic N) is 3. The Balaban J connectivity index is 0.00000364. The third-order valence-corrected chi connectivity index (χ3v) is 4.12. The van der Waals surface area contributed by atoms with Gasteiger partial charge in [0.2, 0.25) is 5.91 Å². The molecule has 0 spiro atoms. The van der Waals surface area contributed by atoms with Gasteiger partial charge in [-0.1, -0.05) is 6.92 Å². The van der Waals surface area contributed by atoms with Crippen molar-refractivity contribution in [2.45, 2.75) is 32.7 Å². The number of amides is 2. The van der Waals surface area contributed by atoms with Gasteiger partial charge in [0.25, 0.3) is 5.91 Å². The fourth-order valence-corrected chi connectivity index (χ4v) is 2.78. The quantitative estimate of drug-likeness (QED) is 0.230. The third-order valence-electron chi connectivity index (χ3n) is 4.12. The number of hydrogen-bond acceptors (Lipinski definition) is 4. The van der Waals surface area contributed by atoms with Crippen molar-refractivity contribution in [3.8, 4) is 0 Å². The zero-order valence-corrected chi connectivity index (χ0v) is 18.2. The van der Waals surface area contributed by atoms with Crippen LogP contribution in [-0.2, 0) is 4.79 Å². The van der Waals surface area contributed by atoms with E-state index in [4.69, 9.17) is 0 Å². The fourth-order valence-electron chi connectivity index (χ4n) is 2.78. The first-order valence-electron chi connectivity index (χ1n) is 9.14. The van der Waals surface area contributed by atoms with Gasteiger partial charge in [0.15, 0.2) is 5.96 Å². The molecule has 0 aliphatic carbocycles. The van der Waals surface area contributed by atoms with Crippen LogP contribution in [-0.4, -0.2) is 66.4 Å². The van der Waals surface area contributed by atoms with Crippen LogP contribution < -0.4 is 16.0 Å². The predicted octanol–water partition coefficient (Wildman–Crippen LogP) is 0.995. The van der Waals surface area contributed by atoms with E-state index in [0.29, 0.717) is 37.6 Å². The van der Waals surface area contributed by atoms with Crippen molar-refractivity contribution in [2.24, 2.45) is 4.99 Å². The maximum Gasteiger partial charge on any atom is 0.252 e. The zero-order chi connectivity index (χ0) is 18.8. The molecule has 1 fully saturated rings. The Kier molecular flexibility index (Phi) is 10.7. The average Bonchev–Trinajstić information content (AvgIpc) is 3.13. The van der Waals surface area contributed by atoms with E-state index in [0.717, 1.165) is 19.5 Å². The molecule has 1 aromatic rings. The summed E-state index contributed by atoms with van der Waals surface area (Å²) in [5, 5.41) is 9.39. The number of carbonyl (C=O) groups excluding carboxylic acids is 2. The molecule has 1 aliphatic heterocycles. The number of nitrogens with one attached hydrogen (secondary N) is 3. The van der Waals surface area contributed by atoms with Gasteiger partial charge >= 0.3 is 0 Å². The summed E-state index contributed by atoms with van der Waals surface area (Å²) in [4.78, 5) is 34.0. The van der Waals surface area contributed by atoms with Crippen molar-refractivity contribution in [3.05, 3.63) is 30.1 Å². The second-order valence-corrected chi connectivity index (χ2v) is 6.08. The van der Waals surface area contributed by atoms with Gasteiger partial charge in [-0.15, -0.1) is 24.0 Å². The van der Waals surface area contributed by atoms with Crippen LogP contribution in [0.3, 0.4) is 0 Å². The minimum absolute atomic E-state index is 0. The summed E-state index contributed by atoms with van der Waals surface area (Å²) in [6.07, 6.45) is 4.62. The highest BCUT2D eigenvalue weighted by atomic mass is 127. The molecule has 2 rings (SSSR count). The van der Waals surface area contributed by atoms with E-state index in [1.165, 1.54) is 6.20 Å². The Morgan fingerprint density at radius 3 is 2.81 bits per heavy atom. The number of aromatic nitrogens is 1. The van der Waals surface area contributed by atoms with Gasteiger partial charge in [-0.2, -0.15) is 0 Å². The third kappa shape index (κ3) is 7.69. The van der Waals surface area contributed by atoms with Crippen LogP contribution in [0.1, 0.15) is 37.0 Å². The van der Waals surface area contributed by atoms with Gasteiger partial charge in [0.1, 0.15) is 0 Å². The van der Waals surface area contributed by atoms with Gasteiger partial charge < -0.3 is 20.9 Å². The Bertz CT molecular complexity index is 626. The van der Waals surface area contributed by atoms with Crippen molar-refractivity contribution < 1.29 is 9.59 Å². The highest BCUT2D eigenvalue weighted by Crippen LogP contribution is 2.10. The molecule has 0 radical (unpaired) electrons. The SMILES string of the molecule is CCNC(=NCCNC(=O)c1cccnc1)NC1CCN(C(=O)CC)C1.I. The van der Waals surface area contributed by atoms with Crippen LogP contribution in [0.2, 0.25) is 0 Å². The van der Waals surface area contributed by atoms with Gasteiger partial charge in [-0.3, -0.25) is 19.6 Å². The number of pyridine rings is 1. The Hall–Kier alpha value is -1.91. The minimum Gasteiger partial charge on any atom is -0.357 e. The molecule has 2 amide bonds. The lowest BCUT2D eigenvalue weighted by Crippen LogP contribution is -2.45. The Morgan fingerprint density at radius 1 is 1.33 bits per heavy atom. The Labute approximate surface area is 177 Å². The summed E-state index contributed by atoms with van der Waals surface area (Å²) < 4.78 is 0. The maximum atomic E-state index is 12.0. The summed E-state index contributed by atoms with van der Waals surface area (Å²) in [7, 11) is 0. The molecule has 9 heteroatoms. The lowest BCUT2D eigenvalue weighted by Gasteiger charge is -2.18. The zero-order valence-electron chi connectivity index (χ0n) is 15.9. The predicted molar refractivity (Wildman–Crippen MR) is 116 cm³/mol. The standard InChI is InChI=1S/C18H28N6O2.HI/c1-3-16(25)24-11-7-15(13-24)23-18(20-4-2)22-10-9-21-17(26)14-6-5-8-19-12-14;/h5-6,8,12,15H,3-4,7,9-11,13H2,1-2H3,(H,21,26)(H2,20,22,23);1H. The summed E-state index contributed by atoms with van der Waals surface area (Å²) in [5.74, 6) is 0.740. The second-order valence-electron chi connectivity index (χ2n) is 6.08. The van der Waals surface area contributed by atoms with Crippen LogP contribution in [0.25, 0.3) is 0 Å². The van der Waals surface area contributed by atoms with Crippen LogP contribution in [0.15, 0.2) is 29.5 Å².